The smallest absolute Gasteiger partial charge is 0.175 e. The fourth-order valence-electron chi connectivity index (χ4n) is 3.64. The van der Waals surface area contributed by atoms with Crippen LogP contribution in [-0.2, 0) is 0 Å². The van der Waals surface area contributed by atoms with E-state index >= 15 is 0 Å². The predicted molar refractivity (Wildman–Crippen MR) is 95.1 cm³/mol. The zero-order valence-electron chi connectivity index (χ0n) is 13.4. The zero-order valence-corrected chi connectivity index (χ0v) is 13.4. The number of hydrogen-bond acceptors (Lipinski definition) is 3. The predicted octanol–water partition coefficient (Wildman–Crippen LogP) is 4.34. The average Bonchev–Trinajstić information content (AvgIpc) is 2.65. The molecule has 3 nitrogen and oxygen atoms in total. The number of benzene rings is 3. The lowest BCUT2D eigenvalue weighted by molar-refractivity contribution is 0.0835. The highest BCUT2D eigenvalue weighted by Gasteiger charge is 2.44. The highest BCUT2D eigenvalue weighted by molar-refractivity contribution is 6.20. The molecular formula is C22H16O3. The van der Waals surface area contributed by atoms with Crippen molar-refractivity contribution in [3.05, 3.63) is 101 Å². The minimum absolute atomic E-state index is 0.133. The van der Waals surface area contributed by atoms with Crippen LogP contribution in [0.3, 0.4) is 0 Å². The topological polar surface area (TPSA) is 54.4 Å². The van der Waals surface area contributed by atoms with Crippen LogP contribution >= 0.6 is 0 Å². The Morgan fingerprint density at radius 3 is 1.68 bits per heavy atom. The van der Waals surface area contributed by atoms with Gasteiger partial charge in [0.25, 0.3) is 0 Å². The van der Waals surface area contributed by atoms with Crippen LogP contribution in [0.4, 0.5) is 0 Å². The molecule has 1 aliphatic carbocycles. The normalized spacial score (nSPS) is 19.5. The van der Waals surface area contributed by atoms with Gasteiger partial charge in [-0.05, 0) is 17.2 Å². The molecular weight excluding hydrogens is 312 g/mol. The monoisotopic (exact) mass is 328 g/mol. The molecule has 2 atom stereocenters. The lowest BCUT2D eigenvalue weighted by Crippen LogP contribution is -2.33. The molecule has 122 valence electrons. The second-order valence-corrected chi connectivity index (χ2v) is 6.20. The number of carbonyl (C=O) groups is 2. The summed E-state index contributed by atoms with van der Waals surface area (Å²) in [6.45, 7) is 0. The van der Waals surface area contributed by atoms with Crippen molar-refractivity contribution < 1.29 is 14.7 Å². The first-order valence-corrected chi connectivity index (χ1v) is 8.19. The molecule has 0 aromatic heterocycles. The van der Waals surface area contributed by atoms with Crippen molar-refractivity contribution in [3.63, 3.8) is 0 Å². The molecule has 1 N–H and O–H groups in total. The molecule has 3 aromatic rings. The summed E-state index contributed by atoms with van der Waals surface area (Å²) in [5.41, 5.74) is 2.02. The van der Waals surface area contributed by atoms with E-state index in [1.54, 1.807) is 12.1 Å². The summed E-state index contributed by atoms with van der Waals surface area (Å²) in [5.74, 6) is -1.72. The van der Waals surface area contributed by atoms with Gasteiger partial charge in [-0.15, -0.1) is 0 Å². The first-order valence-electron chi connectivity index (χ1n) is 8.19. The van der Waals surface area contributed by atoms with Crippen LogP contribution in [0, 0.1) is 0 Å². The largest absolute Gasteiger partial charge is 0.507 e. The molecule has 0 amide bonds. The number of phenols is 1. The molecule has 3 heteroatoms. The van der Waals surface area contributed by atoms with Gasteiger partial charge in [-0.3, -0.25) is 9.59 Å². The Balaban J connectivity index is 1.97. The van der Waals surface area contributed by atoms with Gasteiger partial charge in [0.2, 0.25) is 0 Å². The molecule has 0 saturated carbocycles. The number of ketones is 2. The maximum Gasteiger partial charge on any atom is 0.175 e. The SMILES string of the molecule is O=C1c2cccc(O)c2C(=O)C(c2ccccc2)C1c1ccccc1. The molecule has 4 rings (SSSR count). The van der Waals surface area contributed by atoms with Crippen molar-refractivity contribution in [1.82, 2.24) is 0 Å². The highest BCUT2D eigenvalue weighted by atomic mass is 16.3. The summed E-state index contributed by atoms with van der Waals surface area (Å²) >= 11 is 0. The van der Waals surface area contributed by atoms with Crippen LogP contribution in [0.15, 0.2) is 78.9 Å². The molecule has 0 fully saturated rings. The van der Waals surface area contributed by atoms with Crippen molar-refractivity contribution in [2.24, 2.45) is 0 Å². The van der Waals surface area contributed by atoms with Gasteiger partial charge in [-0.25, -0.2) is 0 Å². The van der Waals surface area contributed by atoms with Gasteiger partial charge >= 0.3 is 0 Å². The van der Waals surface area contributed by atoms with Crippen LogP contribution in [0.25, 0.3) is 0 Å². The van der Waals surface area contributed by atoms with Gasteiger partial charge < -0.3 is 5.11 Å². The summed E-state index contributed by atoms with van der Waals surface area (Å²) in [4.78, 5) is 26.5. The van der Waals surface area contributed by atoms with E-state index in [4.69, 9.17) is 0 Å². The third kappa shape index (κ3) is 2.45. The number of fused-ring (bicyclic) bond motifs is 1. The number of aromatic hydroxyl groups is 1. The van der Waals surface area contributed by atoms with Crippen molar-refractivity contribution >= 4 is 11.6 Å². The van der Waals surface area contributed by atoms with E-state index in [9.17, 15) is 14.7 Å². The third-order valence-corrected chi connectivity index (χ3v) is 4.77. The minimum atomic E-state index is -0.642. The molecule has 0 radical (unpaired) electrons. The molecule has 0 bridgehead atoms. The Labute approximate surface area is 145 Å². The lowest BCUT2D eigenvalue weighted by Gasteiger charge is -2.31. The molecule has 0 aliphatic heterocycles. The van der Waals surface area contributed by atoms with E-state index in [2.05, 4.69) is 0 Å². The second kappa shape index (κ2) is 6.02. The molecule has 0 spiro atoms. The van der Waals surface area contributed by atoms with E-state index in [0.29, 0.717) is 5.56 Å². The van der Waals surface area contributed by atoms with E-state index in [0.717, 1.165) is 11.1 Å². The van der Waals surface area contributed by atoms with E-state index in [-0.39, 0.29) is 22.9 Å². The fraction of sp³-hybridized carbons (Fsp3) is 0.0909. The maximum absolute atomic E-state index is 13.3. The number of carbonyl (C=O) groups excluding carboxylic acids is 2. The quantitative estimate of drug-likeness (QED) is 0.761. The molecule has 2 unspecified atom stereocenters. The van der Waals surface area contributed by atoms with Crippen molar-refractivity contribution in [2.45, 2.75) is 11.8 Å². The number of hydrogen-bond donors (Lipinski definition) is 1. The molecule has 3 aromatic carbocycles. The summed E-state index contributed by atoms with van der Waals surface area (Å²) in [7, 11) is 0. The van der Waals surface area contributed by atoms with Crippen molar-refractivity contribution in [1.29, 1.82) is 0 Å². The van der Waals surface area contributed by atoms with Gasteiger partial charge in [0.05, 0.1) is 17.4 Å². The first kappa shape index (κ1) is 15.3. The van der Waals surface area contributed by atoms with Crippen LogP contribution in [0.2, 0.25) is 0 Å². The Morgan fingerprint density at radius 2 is 1.12 bits per heavy atom. The highest BCUT2D eigenvalue weighted by Crippen LogP contribution is 2.44. The number of phenolic OH excluding ortho intramolecular Hbond substituents is 1. The second-order valence-electron chi connectivity index (χ2n) is 6.20. The number of rotatable bonds is 2. The van der Waals surface area contributed by atoms with Crippen LogP contribution in [0.5, 0.6) is 5.75 Å². The van der Waals surface area contributed by atoms with E-state index < -0.39 is 11.8 Å². The lowest BCUT2D eigenvalue weighted by atomic mass is 9.68. The Morgan fingerprint density at radius 1 is 0.600 bits per heavy atom. The molecule has 1 aliphatic rings. The van der Waals surface area contributed by atoms with Gasteiger partial charge in [0.15, 0.2) is 11.6 Å². The standard InChI is InChI=1S/C22H16O3/c23-17-13-7-12-16-20(17)22(25)19(15-10-5-2-6-11-15)18(21(16)24)14-8-3-1-4-9-14/h1-13,18-19,23H. The van der Waals surface area contributed by atoms with Gasteiger partial charge in [0.1, 0.15) is 5.75 Å². The molecule has 25 heavy (non-hydrogen) atoms. The molecule has 0 saturated heterocycles. The van der Waals surface area contributed by atoms with Crippen molar-refractivity contribution in [2.75, 3.05) is 0 Å². The van der Waals surface area contributed by atoms with Crippen LogP contribution in [0.1, 0.15) is 43.7 Å². The van der Waals surface area contributed by atoms with Gasteiger partial charge in [-0.2, -0.15) is 0 Å². The summed E-state index contributed by atoms with van der Waals surface area (Å²) in [5, 5.41) is 10.2. The van der Waals surface area contributed by atoms with E-state index in [1.165, 1.54) is 6.07 Å². The van der Waals surface area contributed by atoms with Gasteiger partial charge in [-0.1, -0.05) is 72.8 Å². The Kier molecular flexibility index (Phi) is 3.69. The third-order valence-electron chi connectivity index (χ3n) is 4.77. The number of Topliss-reactive ketones (excluding diaryl/α,β-unsaturated/α-hetero) is 2. The Hall–Kier alpha value is -3.20. The summed E-state index contributed by atoms with van der Waals surface area (Å²) in [6.07, 6.45) is 0. The first-order chi connectivity index (χ1) is 12.2. The van der Waals surface area contributed by atoms with Crippen LogP contribution in [-0.4, -0.2) is 16.7 Å². The zero-order chi connectivity index (χ0) is 17.4. The fourth-order valence-corrected chi connectivity index (χ4v) is 3.64. The Bertz CT molecular complexity index is 946. The summed E-state index contributed by atoms with van der Waals surface area (Å²) in [6, 6.07) is 23.3. The van der Waals surface area contributed by atoms with Crippen LogP contribution < -0.4 is 0 Å². The minimum Gasteiger partial charge on any atom is -0.507 e. The van der Waals surface area contributed by atoms with E-state index in [1.807, 2.05) is 60.7 Å². The summed E-state index contributed by atoms with van der Waals surface area (Å²) < 4.78 is 0. The van der Waals surface area contributed by atoms with Gasteiger partial charge in [0, 0.05) is 5.56 Å². The van der Waals surface area contributed by atoms with Crippen molar-refractivity contribution in [3.8, 4) is 5.75 Å². The maximum atomic E-state index is 13.3. The average molecular weight is 328 g/mol. The molecule has 0 heterocycles.